The van der Waals surface area contributed by atoms with Crippen molar-refractivity contribution in [3.63, 3.8) is 0 Å². The second kappa shape index (κ2) is 16.9. The van der Waals surface area contributed by atoms with Crippen LogP contribution in [-0.4, -0.2) is 68.9 Å². The number of carbonyl (C=O) groups is 1. The molecule has 61 heavy (non-hydrogen) atoms. The molecule has 5 aliphatic rings. The van der Waals surface area contributed by atoms with Gasteiger partial charge in [-0.1, -0.05) is 24.3 Å². The van der Waals surface area contributed by atoms with Crippen molar-refractivity contribution >= 4 is 46.1 Å². The van der Waals surface area contributed by atoms with Crippen LogP contribution in [0.5, 0.6) is 11.5 Å². The Balaban J connectivity index is 0.808. The van der Waals surface area contributed by atoms with Gasteiger partial charge in [0.25, 0.3) is 5.91 Å². The van der Waals surface area contributed by atoms with E-state index < -0.39 is 4.92 Å². The van der Waals surface area contributed by atoms with Crippen molar-refractivity contribution in [1.82, 2.24) is 24.6 Å². The summed E-state index contributed by atoms with van der Waals surface area (Å²) in [4.78, 5) is 43.2. The zero-order valence-corrected chi connectivity index (χ0v) is 35.4. The van der Waals surface area contributed by atoms with Crippen LogP contribution in [0.2, 0.25) is 0 Å². The number of nitro groups is 1. The Morgan fingerprint density at radius 1 is 0.951 bits per heavy atom. The molecule has 5 aromatic rings. The predicted octanol–water partition coefficient (Wildman–Crippen LogP) is 9.49. The normalized spacial score (nSPS) is 22.9. The van der Waals surface area contributed by atoms with Gasteiger partial charge in [-0.05, 0) is 148 Å². The van der Waals surface area contributed by atoms with Crippen molar-refractivity contribution in [3.8, 4) is 11.5 Å². The number of hydrogen-bond donors (Lipinski definition) is 4. The van der Waals surface area contributed by atoms with Crippen molar-refractivity contribution in [2.75, 3.05) is 36.4 Å². The number of aromatic amines is 1. The third-order valence-corrected chi connectivity index (χ3v) is 15.0. The molecule has 0 bridgehead atoms. The minimum absolute atomic E-state index is 0.136. The molecule has 5 fully saturated rings. The number of rotatable bonds is 13. The van der Waals surface area contributed by atoms with E-state index in [0.29, 0.717) is 51.9 Å². The Bertz CT molecular complexity index is 2400. The van der Waals surface area contributed by atoms with Crippen LogP contribution >= 0.6 is 11.9 Å². The van der Waals surface area contributed by atoms with Crippen molar-refractivity contribution in [2.45, 2.75) is 106 Å². The highest BCUT2D eigenvalue weighted by Gasteiger charge is 2.50. The largest absolute Gasteiger partial charge is 0.455 e. The Morgan fingerprint density at radius 3 is 2.54 bits per heavy atom. The Morgan fingerprint density at radius 2 is 1.75 bits per heavy atom. The third-order valence-electron chi connectivity index (χ3n) is 14.2. The van der Waals surface area contributed by atoms with Crippen molar-refractivity contribution in [2.24, 2.45) is 17.1 Å². The summed E-state index contributed by atoms with van der Waals surface area (Å²) in [6, 6.07) is 21.8. The first-order chi connectivity index (χ1) is 29.8. The maximum atomic E-state index is 13.9. The summed E-state index contributed by atoms with van der Waals surface area (Å²) in [5.41, 5.74) is 11.6. The van der Waals surface area contributed by atoms with E-state index in [1.54, 1.807) is 23.5 Å². The highest BCUT2D eigenvalue weighted by molar-refractivity contribution is 7.98. The number of hydrogen-bond acceptors (Lipinski definition) is 11. The topological polar surface area (TPSA) is 168 Å². The molecule has 14 heteroatoms. The minimum Gasteiger partial charge on any atom is -0.455 e. The lowest BCUT2D eigenvalue weighted by Gasteiger charge is -2.56. The summed E-state index contributed by atoms with van der Waals surface area (Å²) in [5.74, 6) is 1.93. The predicted molar refractivity (Wildman–Crippen MR) is 239 cm³/mol. The highest BCUT2D eigenvalue weighted by Crippen LogP contribution is 2.55. The average molecular weight is 842 g/mol. The molecule has 2 saturated heterocycles. The average Bonchev–Trinajstić information content (AvgIpc) is 3.81. The van der Waals surface area contributed by atoms with E-state index in [1.165, 1.54) is 51.1 Å². The zero-order chi connectivity index (χ0) is 41.5. The fourth-order valence-corrected chi connectivity index (χ4v) is 11.2. The molecule has 318 valence electrons. The summed E-state index contributed by atoms with van der Waals surface area (Å²) in [5, 5.41) is 16.2. The van der Waals surface area contributed by atoms with Gasteiger partial charge >= 0.3 is 5.69 Å². The summed E-state index contributed by atoms with van der Waals surface area (Å²) >= 11 is 0.987. The van der Waals surface area contributed by atoms with E-state index >= 15 is 0 Å². The molecular formula is C47H55N9O4S. The molecule has 1 atom stereocenters. The SMILES string of the molecule is NC1CCC(CNc2ncc(SNC(=O)c3ccc(N4CCC5(CC4)CC(N4CCC[C@H]4c4ccccc4C4CC4)C5)cc3Oc3cnc4[nH]ccc4c3)cc2[N+](=O)[O-])CC1. The number of H-pyrrole nitrogens is 1. The molecule has 1 amide bonds. The van der Waals surface area contributed by atoms with Crippen molar-refractivity contribution in [3.05, 3.63) is 106 Å². The molecule has 3 aliphatic carbocycles. The van der Waals surface area contributed by atoms with Gasteiger partial charge in [0.1, 0.15) is 17.1 Å². The van der Waals surface area contributed by atoms with Crippen LogP contribution in [0.4, 0.5) is 17.2 Å². The number of nitrogens with two attached hydrogens (primary N) is 1. The summed E-state index contributed by atoms with van der Waals surface area (Å²) in [7, 11) is 0. The molecule has 1 spiro atoms. The maximum Gasteiger partial charge on any atom is 0.312 e. The lowest BCUT2D eigenvalue weighted by atomic mass is 9.59. The smallest absolute Gasteiger partial charge is 0.312 e. The molecule has 13 nitrogen and oxygen atoms in total. The number of aromatic nitrogens is 3. The highest BCUT2D eigenvalue weighted by atomic mass is 32.2. The van der Waals surface area contributed by atoms with Crippen LogP contribution in [0.3, 0.4) is 0 Å². The maximum absolute atomic E-state index is 13.9. The Hall–Kier alpha value is -5.18. The van der Waals surface area contributed by atoms with Crippen LogP contribution < -0.4 is 25.4 Å². The molecule has 5 N–H and O–H groups in total. The fourth-order valence-electron chi connectivity index (χ4n) is 10.6. The van der Waals surface area contributed by atoms with Crippen LogP contribution in [0.25, 0.3) is 11.0 Å². The molecule has 3 aromatic heterocycles. The van der Waals surface area contributed by atoms with Gasteiger partial charge in [-0.15, -0.1) is 0 Å². The molecule has 0 radical (unpaired) electrons. The van der Waals surface area contributed by atoms with Crippen LogP contribution in [0, 0.1) is 21.4 Å². The van der Waals surface area contributed by atoms with Crippen LogP contribution in [0.15, 0.2) is 84.1 Å². The van der Waals surface area contributed by atoms with Gasteiger partial charge in [-0.3, -0.25) is 24.5 Å². The first kappa shape index (κ1) is 39.9. The zero-order valence-electron chi connectivity index (χ0n) is 34.6. The molecule has 2 aliphatic heterocycles. The number of nitrogens with zero attached hydrogens (tertiary/aromatic N) is 5. The van der Waals surface area contributed by atoms with Gasteiger partial charge in [-0.2, -0.15) is 0 Å². The second-order valence-electron chi connectivity index (χ2n) is 18.2. The minimum atomic E-state index is -0.442. The van der Waals surface area contributed by atoms with Crippen molar-refractivity contribution in [1.29, 1.82) is 0 Å². The number of pyridine rings is 2. The molecule has 3 saturated carbocycles. The Kier molecular flexibility index (Phi) is 11.1. The fraction of sp³-hybridized carbons (Fsp3) is 0.468. The lowest BCUT2D eigenvalue weighted by molar-refractivity contribution is -0.384. The van der Waals surface area contributed by atoms with Crippen molar-refractivity contribution < 1.29 is 14.5 Å². The van der Waals surface area contributed by atoms with Crippen LogP contribution in [0.1, 0.15) is 110 Å². The van der Waals surface area contributed by atoms with Gasteiger partial charge < -0.3 is 25.7 Å². The van der Waals surface area contributed by atoms with Gasteiger partial charge in [0.05, 0.1) is 21.6 Å². The Labute approximate surface area is 360 Å². The van der Waals surface area contributed by atoms with E-state index in [9.17, 15) is 14.9 Å². The number of ether oxygens (including phenoxy) is 1. The molecule has 2 aromatic carbocycles. The molecule has 10 rings (SSSR count). The number of carbonyl (C=O) groups excluding carboxylic acids is 1. The molecule has 5 heterocycles. The van der Waals surface area contributed by atoms with Gasteiger partial charge in [0.15, 0.2) is 0 Å². The van der Waals surface area contributed by atoms with Gasteiger partial charge in [-0.25, -0.2) is 9.97 Å². The first-order valence-electron chi connectivity index (χ1n) is 22.2. The number of likely N-dealkylation sites (tertiary alicyclic amines) is 1. The number of benzene rings is 2. The lowest BCUT2D eigenvalue weighted by Crippen LogP contribution is -2.54. The summed E-state index contributed by atoms with van der Waals surface area (Å²) in [6.45, 7) is 3.71. The first-order valence-corrected chi connectivity index (χ1v) is 23.0. The third kappa shape index (κ3) is 8.54. The van der Waals surface area contributed by atoms with E-state index in [2.05, 4.69) is 59.1 Å². The second-order valence-corrected chi connectivity index (χ2v) is 19.1. The summed E-state index contributed by atoms with van der Waals surface area (Å²) < 4.78 is 9.35. The number of nitrogens with one attached hydrogen (secondary N) is 3. The van der Waals surface area contributed by atoms with Gasteiger partial charge in [0.2, 0.25) is 5.82 Å². The monoisotopic (exact) mass is 841 g/mol. The standard InChI is InChI=1S/C47H55N9O4S/c48-33-11-7-30(8-12-33)27-50-45-42(56(58)59)24-37(29-52-45)61-53-46(57)40-14-13-34(23-43(40)60-36-22-32-15-18-49-44(32)51-28-36)54-20-16-47(17-21-54)25-35(26-47)55-19-3-6-41(55)39-5-2-1-4-38(39)31-9-10-31/h1-2,4-5,13-15,18,22-24,28-31,33,35,41H,3,6-12,16-17,19-21,25-27,48H2,(H,49,51)(H,50,52)(H,53,57)/t30?,33?,41-/m0/s1. The number of fused-ring (bicyclic) bond motifs is 1. The van der Waals surface area contributed by atoms with Gasteiger partial charge in [0, 0.05) is 73.4 Å². The number of piperidine rings is 1. The van der Waals surface area contributed by atoms with E-state index in [1.807, 2.05) is 36.5 Å². The van der Waals surface area contributed by atoms with E-state index in [-0.39, 0.29) is 23.5 Å². The van der Waals surface area contributed by atoms with E-state index in [0.717, 1.165) is 86.2 Å². The summed E-state index contributed by atoms with van der Waals surface area (Å²) in [6.07, 6.45) is 19.0. The number of anilines is 2. The molecule has 0 unspecified atom stereocenters. The quantitative estimate of drug-likeness (QED) is 0.0506. The molecular weight excluding hydrogens is 787 g/mol. The van der Waals surface area contributed by atoms with E-state index in [4.69, 9.17) is 10.5 Å². The number of amides is 1. The van der Waals surface area contributed by atoms with Crippen LogP contribution in [-0.2, 0) is 0 Å².